The fourth-order valence-corrected chi connectivity index (χ4v) is 3.56. The monoisotopic (exact) mass is 253 g/mol. The molecule has 0 aromatic carbocycles. The van der Waals surface area contributed by atoms with Gasteiger partial charge in [-0.15, -0.1) is 0 Å². The van der Waals surface area contributed by atoms with E-state index in [1.165, 1.54) is 38.5 Å². The smallest absolute Gasteiger partial charge is 0.0832 e. The topological polar surface area (TPSA) is 35.2 Å². The molecule has 2 N–H and O–H groups in total. The van der Waals surface area contributed by atoms with E-state index in [-0.39, 0.29) is 11.6 Å². The molecular formula is C16H31NO. The molecule has 0 aromatic rings. The van der Waals surface area contributed by atoms with Crippen molar-refractivity contribution in [2.75, 3.05) is 6.61 Å². The van der Waals surface area contributed by atoms with Crippen molar-refractivity contribution in [3.63, 3.8) is 0 Å². The van der Waals surface area contributed by atoms with E-state index in [1.54, 1.807) is 0 Å². The van der Waals surface area contributed by atoms with E-state index in [4.69, 9.17) is 10.5 Å². The van der Waals surface area contributed by atoms with Crippen LogP contribution in [0, 0.1) is 11.3 Å². The summed E-state index contributed by atoms with van der Waals surface area (Å²) in [6, 6.07) is 0.249. The van der Waals surface area contributed by atoms with E-state index in [9.17, 15) is 0 Å². The number of nitrogens with two attached hydrogens (primary N) is 1. The Labute approximate surface area is 113 Å². The van der Waals surface area contributed by atoms with Crippen LogP contribution in [0.15, 0.2) is 0 Å². The van der Waals surface area contributed by atoms with Gasteiger partial charge in [0.25, 0.3) is 0 Å². The summed E-state index contributed by atoms with van der Waals surface area (Å²) in [5.41, 5.74) is 7.01. The van der Waals surface area contributed by atoms with Crippen molar-refractivity contribution in [2.45, 2.75) is 83.8 Å². The van der Waals surface area contributed by atoms with Gasteiger partial charge in [-0.1, -0.05) is 33.1 Å². The van der Waals surface area contributed by atoms with Gasteiger partial charge in [-0.3, -0.25) is 0 Å². The van der Waals surface area contributed by atoms with Crippen LogP contribution in [0.5, 0.6) is 0 Å². The minimum atomic E-state index is -0.0140. The normalized spacial score (nSPS) is 28.7. The molecule has 0 radical (unpaired) electrons. The lowest BCUT2D eigenvalue weighted by molar-refractivity contribution is -0.104. The molecule has 0 aromatic heterocycles. The summed E-state index contributed by atoms with van der Waals surface area (Å²) >= 11 is 0. The maximum absolute atomic E-state index is 6.54. The van der Waals surface area contributed by atoms with Gasteiger partial charge in [0.2, 0.25) is 0 Å². The van der Waals surface area contributed by atoms with Gasteiger partial charge in [0, 0.05) is 12.6 Å². The van der Waals surface area contributed by atoms with Crippen molar-refractivity contribution in [2.24, 2.45) is 17.1 Å². The first-order valence-corrected chi connectivity index (χ1v) is 7.87. The van der Waals surface area contributed by atoms with Crippen LogP contribution < -0.4 is 5.73 Å². The van der Waals surface area contributed by atoms with Gasteiger partial charge in [-0.05, 0) is 50.4 Å². The third-order valence-electron chi connectivity index (χ3n) is 5.37. The predicted molar refractivity (Wildman–Crippen MR) is 76.5 cm³/mol. The van der Waals surface area contributed by atoms with Crippen LogP contribution in [0.1, 0.15) is 72.1 Å². The SMILES string of the molecule is CCOC1(C(N)CC2CCC2)CCC(C)(C)CC1. The lowest BCUT2D eigenvalue weighted by Crippen LogP contribution is -2.54. The molecule has 2 heteroatoms. The third kappa shape index (κ3) is 3.08. The van der Waals surface area contributed by atoms with E-state index in [1.807, 2.05) is 0 Å². The minimum Gasteiger partial charge on any atom is -0.374 e. The number of hydrogen-bond acceptors (Lipinski definition) is 2. The first-order chi connectivity index (χ1) is 8.47. The average molecular weight is 253 g/mol. The van der Waals surface area contributed by atoms with E-state index in [0.717, 1.165) is 25.4 Å². The van der Waals surface area contributed by atoms with Gasteiger partial charge in [-0.2, -0.15) is 0 Å². The lowest BCUT2D eigenvalue weighted by Gasteiger charge is -2.47. The second kappa shape index (κ2) is 5.50. The van der Waals surface area contributed by atoms with Crippen molar-refractivity contribution in [3.05, 3.63) is 0 Å². The van der Waals surface area contributed by atoms with E-state index >= 15 is 0 Å². The summed E-state index contributed by atoms with van der Waals surface area (Å²) in [5.74, 6) is 0.882. The number of hydrogen-bond donors (Lipinski definition) is 1. The lowest BCUT2D eigenvalue weighted by atomic mass is 9.66. The molecule has 2 rings (SSSR count). The summed E-state index contributed by atoms with van der Waals surface area (Å²) in [6.07, 6.45) is 10.2. The Balaban J connectivity index is 1.97. The Kier molecular flexibility index (Phi) is 4.38. The predicted octanol–water partition coefficient (Wildman–Crippen LogP) is 3.88. The molecule has 0 saturated heterocycles. The quantitative estimate of drug-likeness (QED) is 0.807. The fraction of sp³-hybridized carbons (Fsp3) is 1.00. The van der Waals surface area contributed by atoms with Crippen LogP contribution in [0.2, 0.25) is 0 Å². The van der Waals surface area contributed by atoms with E-state index in [0.29, 0.717) is 5.41 Å². The molecule has 2 fully saturated rings. The highest BCUT2D eigenvalue weighted by molar-refractivity contribution is 4.98. The molecule has 2 nitrogen and oxygen atoms in total. The molecule has 0 bridgehead atoms. The van der Waals surface area contributed by atoms with Crippen molar-refractivity contribution in [1.82, 2.24) is 0 Å². The fourth-order valence-electron chi connectivity index (χ4n) is 3.56. The maximum Gasteiger partial charge on any atom is 0.0832 e. The molecule has 0 spiro atoms. The molecule has 0 amide bonds. The van der Waals surface area contributed by atoms with Gasteiger partial charge < -0.3 is 10.5 Å². The average Bonchev–Trinajstić information content (AvgIpc) is 2.27. The molecule has 0 heterocycles. The summed E-state index contributed by atoms with van der Waals surface area (Å²) in [5, 5.41) is 0. The summed E-state index contributed by atoms with van der Waals surface area (Å²) < 4.78 is 6.17. The third-order valence-corrected chi connectivity index (χ3v) is 5.37. The minimum absolute atomic E-state index is 0.0140. The first-order valence-electron chi connectivity index (χ1n) is 7.87. The first kappa shape index (κ1) is 14.3. The van der Waals surface area contributed by atoms with Crippen LogP contribution in [0.25, 0.3) is 0 Å². The Hall–Kier alpha value is -0.0800. The standard InChI is InChI=1S/C16H31NO/c1-4-18-16(10-8-15(2,3)9-11-16)14(17)12-13-6-5-7-13/h13-14H,4-12,17H2,1-3H3. The zero-order valence-electron chi connectivity index (χ0n) is 12.5. The molecule has 2 aliphatic carbocycles. The zero-order chi connectivity index (χ0) is 13.2. The van der Waals surface area contributed by atoms with Crippen LogP contribution >= 0.6 is 0 Å². The highest BCUT2D eigenvalue weighted by Crippen LogP contribution is 2.45. The van der Waals surface area contributed by atoms with Gasteiger partial charge in [-0.25, -0.2) is 0 Å². The Morgan fingerprint density at radius 2 is 1.78 bits per heavy atom. The summed E-state index contributed by atoms with van der Waals surface area (Å²) in [6.45, 7) is 7.66. The van der Waals surface area contributed by atoms with Gasteiger partial charge in [0.05, 0.1) is 5.60 Å². The maximum atomic E-state index is 6.54. The van der Waals surface area contributed by atoms with Gasteiger partial charge in [0.1, 0.15) is 0 Å². The van der Waals surface area contributed by atoms with Crippen molar-refractivity contribution >= 4 is 0 Å². The molecule has 0 aliphatic heterocycles. The molecular weight excluding hydrogens is 222 g/mol. The van der Waals surface area contributed by atoms with Crippen LogP contribution in [0.4, 0.5) is 0 Å². The second-order valence-corrected chi connectivity index (χ2v) is 7.30. The van der Waals surface area contributed by atoms with Gasteiger partial charge >= 0.3 is 0 Å². The second-order valence-electron chi connectivity index (χ2n) is 7.30. The molecule has 1 unspecified atom stereocenters. The Morgan fingerprint density at radius 3 is 2.22 bits per heavy atom. The summed E-state index contributed by atoms with van der Waals surface area (Å²) in [4.78, 5) is 0. The Morgan fingerprint density at radius 1 is 1.17 bits per heavy atom. The van der Waals surface area contributed by atoms with Gasteiger partial charge in [0.15, 0.2) is 0 Å². The molecule has 2 aliphatic rings. The molecule has 18 heavy (non-hydrogen) atoms. The van der Waals surface area contributed by atoms with Crippen molar-refractivity contribution in [3.8, 4) is 0 Å². The van der Waals surface area contributed by atoms with Crippen molar-refractivity contribution < 1.29 is 4.74 Å². The zero-order valence-corrected chi connectivity index (χ0v) is 12.5. The van der Waals surface area contributed by atoms with E-state index < -0.39 is 0 Å². The highest BCUT2D eigenvalue weighted by atomic mass is 16.5. The molecule has 2 saturated carbocycles. The van der Waals surface area contributed by atoms with Crippen molar-refractivity contribution in [1.29, 1.82) is 0 Å². The molecule has 1 atom stereocenters. The van der Waals surface area contributed by atoms with Crippen LogP contribution in [-0.2, 0) is 4.74 Å². The largest absolute Gasteiger partial charge is 0.374 e. The molecule has 106 valence electrons. The Bertz CT molecular complexity index is 260. The summed E-state index contributed by atoms with van der Waals surface area (Å²) in [7, 11) is 0. The van der Waals surface area contributed by atoms with Crippen LogP contribution in [-0.4, -0.2) is 18.2 Å². The van der Waals surface area contributed by atoms with Crippen LogP contribution in [0.3, 0.4) is 0 Å². The number of rotatable bonds is 5. The highest BCUT2D eigenvalue weighted by Gasteiger charge is 2.44. The number of ether oxygens (including phenoxy) is 1. The van der Waals surface area contributed by atoms with E-state index in [2.05, 4.69) is 20.8 Å².